The lowest BCUT2D eigenvalue weighted by Crippen LogP contribution is -2.39. The van der Waals surface area contributed by atoms with Crippen LogP contribution in [-0.2, 0) is 0 Å². The average Bonchev–Trinajstić information content (AvgIpc) is 3.20. The summed E-state index contributed by atoms with van der Waals surface area (Å²) in [7, 11) is 0. The first kappa shape index (κ1) is 16.6. The van der Waals surface area contributed by atoms with E-state index in [9.17, 15) is 10.2 Å². The molecule has 3 heterocycles. The number of rotatable bonds is 4. The lowest BCUT2D eigenvalue weighted by Gasteiger charge is -2.30. The van der Waals surface area contributed by atoms with Crippen molar-refractivity contribution >= 4 is 49.9 Å². The van der Waals surface area contributed by atoms with Crippen LogP contribution >= 0.6 is 22.9 Å². The second-order valence-electron chi connectivity index (χ2n) is 6.28. The molecule has 3 aromatic rings. The molecule has 0 saturated heterocycles. The molecule has 0 bridgehead atoms. The van der Waals surface area contributed by atoms with Crippen molar-refractivity contribution in [1.29, 1.82) is 0 Å². The minimum absolute atomic E-state index is 0.0806. The van der Waals surface area contributed by atoms with E-state index < -0.39 is 12.2 Å². The second-order valence-corrected chi connectivity index (χ2v) is 8.00. The molecule has 132 valence electrons. The third-order valence-corrected chi connectivity index (χ3v) is 5.99. The van der Waals surface area contributed by atoms with E-state index in [0.717, 1.165) is 33.2 Å². The summed E-state index contributed by atoms with van der Waals surface area (Å²) in [5.41, 5.74) is 1.83. The van der Waals surface area contributed by atoms with Gasteiger partial charge in [-0.05, 0) is 55.2 Å². The Kier molecular flexibility index (Phi) is 4.55. The molecule has 1 aliphatic carbocycles. The van der Waals surface area contributed by atoms with Crippen molar-refractivity contribution in [3.8, 4) is 0 Å². The third-order valence-electron chi connectivity index (χ3n) is 4.29. The Labute approximate surface area is 152 Å². The zero-order chi connectivity index (χ0) is 17.4. The number of anilines is 3. The summed E-state index contributed by atoms with van der Waals surface area (Å²) in [5.74, 6) is 1.28. The SMILES string of the molecule is Cc1cc(Nc2nc(N[C@@H]3CC[C@H](O)[C@@H](O)C3)c3sccc3n2)sn1. The lowest BCUT2D eigenvalue weighted by molar-refractivity contribution is -0.0120. The fraction of sp³-hybridized carbons (Fsp3) is 0.438. The average molecular weight is 377 g/mol. The number of aryl methyl sites for hydroxylation is 1. The van der Waals surface area contributed by atoms with Crippen LogP contribution in [0.4, 0.5) is 16.8 Å². The minimum atomic E-state index is -0.690. The summed E-state index contributed by atoms with van der Waals surface area (Å²) >= 11 is 2.96. The molecule has 0 amide bonds. The lowest BCUT2D eigenvalue weighted by atomic mass is 9.90. The van der Waals surface area contributed by atoms with Crippen LogP contribution in [0.3, 0.4) is 0 Å². The Morgan fingerprint density at radius 1 is 1.20 bits per heavy atom. The molecule has 25 heavy (non-hydrogen) atoms. The molecular weight excluding hydrogens is 358 g/mol. The molecule has 0 radical (unpaired) electrons. The maximum atomic E-state index is 9.91. The summed E-state index contributed by atoms with van der Waals surface area (Å²) in [6.45, 7) is 1.94. The van der Waals surface area contributed by atoms with E-state index in [2.05, 4.69) is 25.0 Å². The van der Waals surface area contributed by atoms with Crippen molar-refractivity contribution in [2.45, 2.75) is 44.4 Å². The predicted octanol–water partition coefficient (Wildman–Crippen LogP) is 2.89. The Morgan fingerprint density at radius 3 is 2.84 bits per heavy atom. The van der Waals surface area contributed by atoms with Crippen LogP contribution in [0.5, 0.6) is 0 Å². The van der Waals surface area contributed by atoms with Crippen LogP contribution in [0.25, 0.3) is 10.2 Å². The number of hydrogen-bond acceptors (Lipinski definition) is 9. The van der Waals surface area contributed by atoms with Gasteiger partial charge in [0.1, 0.15) is 10.8 Å². The number of aliphatic hydroxyl groups excluding tert-OH is 2. The van der Waals surface area contributed by atoms with Crippen LogP contribution in [0.15, 0.2) is 17.5 Å². The zero-order valence-corrected chi connectivity index (χ0v) is 15.3. The Balaban J connectivity index is 1.60. The summed E-state index contributed by atoms with van der Waals surface area (Å²) in [6.07, 6.45) is 0.574. The van der Waals surface area contributed by atoms with E-state index >= 15 is 0 Å². The zero-order valence-electron chi connectivity index (χ0n) is 13.6. The van der Waals surface area contributed by atoms with Crippen molar-refractivity contribution in [3.63, 3.8) is 0 Å². The molecule has 3 aromatic heterocycles. The molecule has 0 spiro atoms. The Bertz CT molecular complexity index is 880. The van der Waals surface area contributed by atoms with E-state index in [1.54, 1.807) is 11.3 Å². The smallest absolute Gasteiger partial charge is 0.230 e. The topological polar surface area (TPSA) is 103 Å². The van der Waals surface area contributed by atoms with E-state index in [1.165, 1.54) is 11.5 Å². The highest BCUT2D eigenvalue weighted by Crippen LogP contribution is 2.31. The van der Waals surface area contributed by atoms with E-state index in [0.29, 0.717) is 18.8 Å². The van der Waals surface area contributed by atoms with Crippen LogP contribution in [0.1, 0.15) is 25.0 Å². The standard InChI is InChI=1S/C16H19N5O2S2/c1-8-6-13(25-21-8)19-16-18-10-4-5-24-14(10)15(20-16)17-9-2-3-11(22)12(23)7-9/h4-6,9,11-12,22-23H,2-3,7H2,1H3,(H2,17,18,19,20)/t9-,11+,12+/m1/s1. The minimum Gasteiger partial charge on any atom is -0.390 e. The van der Waals surface area contributed by atoms with Gasteiger partial charge in [-0.2, -0.15) is 9.36 Å². The van der Waals surface area contributed by atoms with E-state index in [-0.39, 0.29) is 6.04 Å². The second kappa shape index (κ2) is 6.83. The fourth-order valence-electron chi connectivity index (χ4n) is 3.01. The van der Waals surface area contributed by atoms with Gasteiger partial charge in [-0.15, -0.1) is 11.3 Å². The normalized spacial score (nSPS) is 23.7. The summed E-state index contributed by atoms with van der Waals surface area (Å²) in [5, 5.41) is 29.1. The molecule has 9 heteroatoms. The van der Waals surface area contributed by atoms with E-state index in [4.69, 9.17) is 0 Å². The van der Waals surface area contributed by atoms with Crippen molar-refractivity contribution in [2.75, 3.05) is 10.6 Å². The van der Waals surface area contributed by atoms with Crippen LogP contribution in [0.2, 0.25) is 0 Å². The Morgan fingerprint density at radius 2 is 2.08 bits per heavy atom. The molecule has 4 rings (SSSR count). The highest BCUT2D eigenvalue weighted by Gasteiger charge is 2.28. The number of aromatic nitrogens is 3. The van der Waals surface area contributed by atoms with Crippen LogP contribution in [-0.4, -0.2) is 42.8 Å². The van der Waals surface area contributed by atoms with E-state index in [1.807, 2.05) is 24.4 Å². The number of hydrogen-bond donors (Lipinski definition) is 4. The maximum absolute atomic E-state index is 9.91. The molecule has 0 unspecified atom stereocenters. The first-order valence-corrected chi connectivity index (χ1v) is 9.82. The van der Waals surface area contributed by atoms with Gasteiger partial charge in [0, 0.05) is 6.04 Å². The number of thiophene rings is 1. The highest BCUT2D eigenvalue weighted by molar-refractivity contribution is 7.17. The number of aliphatic hydroxyl groups is 2. The van der Waals surface area contributed by atoms with Gasteiger partial charge in [0.25, 0.3) is 0 Å². The molecule has 0 aromatic carbocycles. The summed E-state index contributed by atoms with van der Waals surface area (Å²) in [6, 6.07) is 4.00. The van der Waals surface area contributed by atoms with Gasteiger partial charge >= 0.3 is 0 Å². The molecule has 1 saturated carbocycles. The van der Waals surface area contributed by atoms with Gasteiger partial charge in [0.2, 0.25) is 5.95 Å². The first-order chi connectivity index (χ1) is 12.1. The van der Waals surface area contributed by atoms with Gasteiger partial charge in [-0.1, -0.05) is 0 Å². The summed E-state index contributed by atoms with van der Waals surface area (Å²) < 4.78 is 5.25. The quantitative estimate of drug-likeness (QED) is 0.554. The maximum Gasteiger partial charge on any atom is 0.230 e. The van der Waals surface area contributed by atoms with Crippen molar-refractivity contribution in [2.24, 2.45) is 0 Å². The van der Waals surface area contributed by atoms with Gasteiger partial charge in [0.15, 0.2) is 0 Å². The largest absolute Gasteiger partial charge is 0.390 e. The molecule has 4 N–H and O–H groups in total. The third kappa shape index (κ3) is 3.59. The monoisotopic (exact) mass is 377 g/mol. The Hall–Kier alpha value is -1.81. The van der Waals surface area contributed by atoms with Gasteiger partial charge in [0.05, 0.1) is 28.1 Å². The van der Waals surface area contributed by atoms with Crippen molar-refractivity contribution < 1.29 is 10.2 Å². The highest BCUT2D eigenvalue weighted by atomic mass is 32.1. The molecule has 1 fully saturated rings. The van der Waals surface area contributed by atoms with Crippen LogP contribution in [0, 0.1) is 6.92 Å². The molecule has 7 nitrogen and oxygen atoms in total. The molecule has 3 atom stereocenters. The number of nitrogens with one attached hydrogen (secondary N) is 2. The predicted molar refractivity (Wildman–Crippen MR) is 101 cm³/mol. The summed E-state index contributed by atoms with van der Waals surface area (Å²) in [4.78, 5) is 9.19. The van der Waals surface area contributed by atoms with Crippen LogP contribution < -0.4 is 10.6 Å². The number of nitrogens with zero attached hydrogens (tertiary/aromatic N) is 3. The van der Waals surface area contributed by atoms with Crippen molar-refractivity contribution in [1.82, 2.24) is 14.3 Å². The van der Waals surface area contributed by atoms with Gasteiger partial charge < -0.3 is 20.8 Å². The molecular formula is C16H19N5O2S2. The number of fused-ring (bicyclic) bond motifs is 1. The van der Waals surface area contributed by atoms with Gasteiger partial charge in [-0.25, -0.2) is 4.98 Å². The fourth-order valence-corrected chi connectivity index (χ4v) is 4.44. The van der Waals surface area contributed by atoms with Gasteiger partial charge in [-0.3, -0.25) is 0 Å². The molecule has 0 aliphatic heterocycles. The first-order valence-electron chi connectivity index (χ1n) is 8.17. The van der Waals surface area contributed by atoms with Crippen molar-refractivity contribution in [3.05, 3.63) is 23.2 Å². The molecule has 1 aliphatic rings.